The van der Waals surface area contributed by atoms with Crippen LogP contribution in [0.3, 0.4) is 0 Å². The number of nitrogens with one attached hydrogen (secondary N) is 1. The van der Waals surface area contributed by atoms with Gasteiger partial charge in [0.15, 0.2) is 0 Å². The first kappa shape index (κ1) is 22.8. The zero-order valence-corrected chi connectivity index (χ0v) is 18.1. The Morgan fingerprint density at radius 2 is 1.74 bits per heavy atom. The van der Waals surface area contributed by atoms with Crippen molar-refractivity contribution in [3.63, 3.8) is 0 Å². The van der Waals surface area contributed by atoms with E-state index in [9.17, 15) is 17.6 Å². The molecule has 3 rings (SSSR count). The summed E-state index contributed by atoms with van der Waals surface area (Å²) in [5.41, 5.74) is 0. The Hall–Kier alpha value is -2.85. The lowest BCUT2D eigenvalue weighted by atomic mass is 10.3. The number of piperazine rings is 1. The second kappa shape index (κ2) is 10.5. The summed E-state index contributed by atoms with van der Waals surface area (Å²) in [5, 5.41) is 2.82. The molecule has 1 aliphatic rings. The molecule has 0 radical (unpaired) electrons. The van der Waals surface area contributed by atoms with Crippen LogP contribution in [0.5, 0.6) is 11.5 Å². The van der Waals surface area contributed by atoms with Gasteiger partial charge in [0.25, 0.3) is 0 Å². The van der Waals surface area contributed by atoms with E-state index in [4.69, 9.17) is 9.47 Å². The van der Waals surface area contributed by atoms with Crippen molar-refractivity contribution in [3.05, 3.63) is 54.3 Å². The summed E-state index contributed by atoms with van der Waals surface area (Å²) in [7, 11) is -2.18. The van der Waals surface area contributed by atoms with E-state index in [1.54, 1.807) is 12.0 Å². The molecule has 0 unspecified atom stereocenters. The van der Waals surface area contributed by atoms with E-state index in [0.717, 1.165) is 17.6 Å². The molecule has 1 saturated heterocycles. The second-order valence-corrected chi connectivity index (χ2v) is 8.90. The quantitative estimate of drug-likeness (QED) is 0.623. The Bertz CT molecular complexity index is 977. The Balaban J connectivity index is 1.38. The van der Waals surface area contributed by atoms with Gasteiger partial charge in [-0.3, -0.25) is 0 Å². The van der Waals surface area contributed by atoms with E-state index < -0.39 is 15.8 Å². The van der Waals surface area contributed by atoms with E-state index in [0.29, 0.717) is 19.6 Å². The number of benzene rings is 2. The number of carbonyl (C=O) groups excluding carboxylic acids is 1. The molecule has 0 saturated carbocycles. The van der Waals surface area contributed by atoms with Crippen LogP contribution in [0.15, 0.2) is 53.4 Å². The summed E-state index contributed by atoms with van der Waals surface area (Å²) in [4.78, 5) is 13.8. The van der Waals surface area contributed by atoms with E-state index in [-0.39, 0.29) is 37.1 Å². The molecular weight excluding hydrogens is 425 g/mol. The lowest BCUT2D eigenvalue weighted by molar-refractivity contribution is 0.171. The highest BCUT2D eigenvalue weighted by molar-refractivity contribution is 7.89. The molecule has 1 heterocycles. The van der Waals surface area contributed by atoms with Gasteiger partial charge in [0.05, 0.1) is 18.6 Å². The molecule has 0 atom stereocenters. The highest BCUT2D eigenvalue weighted by Crippen LogP contribution is 2.19. The topological polar surface area (TPSA) is 88.2 Å². The molecule has 0 bridgehead atoms. The maximum atomic E-state index is 13.4. The van der Waals surface area contributed by atoms with Crippen molar-refractivity contribution in [1.82, 2.24) is 14.5 Å². The normalized spacial score (nSPS) is 14.8. The Kier molecular flexibility index (Phi) is 7.69. The number of methoxy groups -OCH3 is 1. The number of carbonyl (C=O) groups is 1. The minimum Gasteiger partial charge on any atom is -0.497 e. The average molecular weight is 452 g/mol. The molecule has 0 aromatic heterocycles. The fourth-order valence-corrected chi connectivity index (χ4v) is 4.60. The SMILES string of the molecule is COc1ccc(OCCCNC(=O)N2CCN(S(=O)(=O)c3cccc(F)c3)CC2)cc1. The number of hydrogen-bond donors (Lipinski definition) is 1. The van der Waals surface area contributed by atoms with E-state index in [1.165, 1.54) is 22.5 Å². The van der Waals surface area contributed by atoms with Crippen LogP contribution < -0.4 is 14.8 Å². The van der Waals surface area contributed by atoms with Gasteiger partial charge < -0.3 is 19.7 Å². The zero-order chi connectivity index (χ0) is 22.3. The van der Waals surface area contributed by atoms with Gasteiger partial charge in [0.1, 0.15) is 17.3 Å². The Morgan fingerprint density at radius 3 is 2.39 bits per heavy atom. The van der Waals surface area contributed by atoms with Gasteiger partial charge in [0, 0.05) is 32.7 Å². The molecule has 1 aliphatic heterocycles. The molecule has 0 aliphatic carbocycles. The standard InChI is InChI=1S/C21H26FN3O5S/c1-29-18-6-8-19(9-7-18)30-15-3-10-23-21(26)24-11-13-25(14-12-24)31(27,28)20-5-2-4-17(22)16-20/h2,4-9,16H,3,10-15H2,1H3,(H,23,26). The van der Waals surface area contributed by atoms with Crippen LogP contribution in [-0.4, -0.2) is 70.1 Å². The largest absolute Gasteiger partial charge is 0.497 e. The highest BCUT2D eigenvalue weighted by Gasteiger charge is 2.30. The highest BCUT2D eigenvalue weighted by atomic mass is 32.2. The van der Waals surface area contributed by atoms with Crippen molar-refractivity contribution in [2.24, 2.45) is 0 Å². The van der Waals surface area contributed by atoms with E-state index >= 15 is 0 Å². The number of hydrogen-bond acceptors (Lipinski definition) is 5. The van der Waals surface area contributed by atoms with Gasteiger partial charge >= 0.3 is 6.03 Å². The summed E-state index contributed by atoms with van der Waals surface area (Å²) >= 11 is 0. The first-order valence-corrected chi connectivity index (χ1v) is 11.4. The monoisotopic (exact) mass is 451 g/mol. The zero-order valence-electron chi connectivity index (χ0n) is 17.3. The molecule has 1 N–H and O–H groups in total. The average Bonchev–Trinajstić information content (AvgIpc) is 2.79. The third-order valence-electron chi connectivity index (χ3n) is 4.89. The number of ether oxygens (including phenoxy) is 2. The van der Waals surface area contributed by atoms with Crippen molar-refractivity contribution in [2.45, 2.75) is 11.3 Å². The molecule has 2 aromatic carbocycles. The van der Waals surface area contributed by atoms with Crippen molar-refractivity contribution in [1.29, 1.82) is 0 Å². The first-order valence-electron chi connectivity index (χ1n) is 9.95. The lowest BCUT2D eigenvalue weighted by Crippen LogP contribution is -2.53. The minimum atomic E-state index is -3.78. The van der Waals surface area contributed by atoms with Gasteiger partial charge in [0.2, 0.25) is 10.0 Å². The van der Waals surface area contributed by atoms with Crippen LogP contribution in [0, 0.1) is 5.82 Å². The predicted octanol–water partition coefficient (Wildman–Crippen LogP) is 2.32. The van der Waals surface area contributed by atoms with Crippen LogP contribution in [0.1, 0.15) is 6.42 Å². The first-order chi connectivity index (χ1) is 14.9. The van der Waals surface area contributed by atoms with Crippen molar-refractivity contribution < 1.29 is 27.1 Å². The summed E-state index contributed by atoms with van der Waals surface area (Å²) in [6.45, 7) is 1.74. The number of halogens is 1. The number of nitrogens with zero attached hydrogens (tertiary/aromatic N) is 2. The molecule has 10 heteroatoms. The smallest absolute Gasteiger partial charge is 0.317 e. The molecule has 0 spiro atoms. The fraction of sp³-hybridized carbons (Fsp3) is 0.381. The Morgan fingerprint density at radius 1 is 1.06 bits per heavy atom. The second-order valence-electron chi connectivity index (χ2n) is 6.96. The molecule has 2 amide bonds. The summed E-state index contributed by atoms with van der Waals surface area (Å²) in [5.74, 6) is 0.876. The van der Waals surface area contributed by atoms with Gasteiger partial charge in [-0.2, -0.15) is 4.31 Å². The summed E-state index contributed by atoms with van der Waals surface area (Å²) < 4.78 is 50.6. The third kappa shape index (κ3) is 6.08. The predicted molar refractivity (Wildman–Crippen MR) is 113 cm³/mol. The lowest BCUT2D eigenvalue weighted by Gasteiger charge is -2.34. The molecule has 1 fully saturated rings. The van der Waals surface area contributed by atoms with Crippen LogP contribution in [-0.2, 0) is 10.0 Å². The third-order valence-corrected chi connectivity index (χ3v) is 6.78. The van der Waals surface area contributed by atoms with E-state index in [2.05, 4.69) is 5.32 Å². The number of amides is 2. The van der Waals surface area contributed by atoms with Gasteiger partial charge in [-0.1, -0.05) is 6.07 Å². The number of urea groups is 1. The summed E-state index contributed by atoms with van der Waals surface area (Å²) in [6, 6.07) is 11.9. The minimum absolute atomic E-state index is 0.0812. The van der Waals surface area contributed by atoms with Crippen LogP contribution in [0.2, 0.25) is 0 Å². The number of rotatable bonds is 8. The van der Waals surface area contributed by atoms with Crippen LogP contribution >= 0.6 is 0 Å². The molecule has 168 valence electrons. The molecule has 2 aromatic rings. The Labute approximate surface area is 181 Å². The van der Waals surface area contributed by atoms with Crippen molar-refractivity contribution in [2.75, 3.05) is 46.4 Å². The molecule has 8 nitrogen and oxygen atoms in total. The van der Waals surface area contributed by atoms with Gasteiger partial charge in [-0.25, -0.2) is 17.6 Å². The maximum Gasteiger partial charge on any atom is 0.317 e. The molecule has 31 heavy (non-hydrogen) atoms. The van der Waals surface area contributed by atoms with Gasteiger partial charge in [-0.05, 0) is 48.9 Å². The summed E-state index contributed by atoms with van der Waals surface area (Å²) in [6.07, 6.45) is 0.631. The molecular formula is C21H26FN3O5S. The number of sulfonamides is 1. The van der Waals surface area contributed by atoms with Crippen molar-refractivity contribution in [3.8, 4) is 11.5 Å². The van der Waals surface area contributed by atoms with E-state index in [1.807, 2.05) is 24.3 Å². The van der Waals surface area contributed by atoms with Crippen molar-refractivity contribution >= 4 is 16.1 Å². The van der Waals surface area contributed by atoms with Gasteiger partial charge in [-0.15, -0.1) is 0 Å². The van der Waals surface area contributed by atoms with Crippen LogP contribution in [0.4, 0.5) is 9.18 Å². The maximum absolute atomic E-state index is 13.4. The van der Waals surface area contributed by atoms with Crippen LogP contribution in [0.25, 0.3) is 0 Å². The fourth-order valence-electron chi connectivity index (χ4n) is 3.15.